The molecule has 1 aromatic heterocycles. The number of aliphatic hydroxyl groups is 4. The minimum atomic E-state index is -2.50. The largest absolute Gasteiger partial charge is 0.459 e. The Morgan fingerprint density at radius 1 is 0.750 bits per heavy atom. The molecule has 100 heavy (non-hydrogen) atoms. The number of Topliss-reactive ketones (excluding diaryl/α,β-unsaturated/α-hetero) is 3. The average Bonchev–Trinajstić information content (AvgIpc) is 0.773. The number of hydrogen-bond donors (Lipinski definition) is 6. The van der Waals surface area contributed by atoms with Gasteiger partial charge >= 0.3 is 12.1 Å². The van der Waals surface area contributed by atoms with Crippen LogP contribution in [-0.2, 0) is 68.5 Å². The highest BCUT2D eigenvalue weighted by Gasteiger charge is 2.53. The summed E-state index contributed by atoms with van der Waals surface area (Å²) in [6.07, 6.45) is 10.2. The molecule has 16 atom stereocenters. The highest BCUT2D eigenvalue weighted by Crippen LogP contribution is 2.38. The number of nitrogens with one attached hydrogen (secondary N) is 1. The predicted molar refractivity (Wildman–Crippen MR) is 370 cm³/mol. The van der Waals surface area contributed by atoms with Crippen molar-refractivity contribution in [2.24, 2.45) is 35.3 Å². The zero-order valence-electron chi connectivity index (χ0n) is 60.3. The van der Waals surface area contributed by atoms with E-state index in [1.807, 2.05) is 54.0 Å². The van der Waals surface area contributed by atoms with Gasteiger partial charge in [-0.3, -0.25) is 28.9 Å². The van der Waals surface area contributed by atoms with E-state index in [0.717, 1.165) is 23.6 Å². The number of nitrogens with two attached hydrogens (primary N) is 1. The number of aliphatic hydroxyl groups excluding tert-OH is 3. The van der Waals surface area contributed by atoms with Gasteiger partial charge in [0, 0.05) is 154 Å². The molecular weight excluding hydrogens is 1290 g/mol. The van der Waals surface area contributed by atoms with Gasteiger partial charge in [-0.2, -0.15) is 0 Å². The number of nitrogens with zero attached hydrogens (tertiary/aromatic N) is 7. The number of amides is 4. The smallest absolute Gasteiger partial charge is 0.407 e. The number of fused-ring (bicyclic) bond motifs is 3. The van der Waals surface area contributed by atoms with Gasteiger partial charge in [-0.05, 0) is 108 Å². The van der Waals surface area contributed by atoms with Crippen LogP contribution in [0.25, 0.3) is 0 Å². The van der Waals surface area contributed by atoms with Crippen molar-refractivity contribution in [1.29, 1.82) is 0 Å². The molecule has 0 unspecified atom stereocenters. The lowest BCUT2D eigenvalue weighted by Gasteiger charge is -2.42. The number of cyclic esters (lactones) is 1. The Hall–Kier alpha value is -6.40. The molecule has 0 spiro atoms. The third kappa shape index (κ3) is 23.3. The van der Waals surface area contributed by atoms with Crippen molar-refractivity contribution in [3.05, 3.63) is 65.6 Å². The summed E-state index contributed by atoms with van der Waals surface area (Å²) in [4.78, 5) is 125. The highest BCUT2D eigenvalue weighted by molar-refractivity contribution is 6.39. The number of hydrogen-bond acceptors (Lipinski definition) is 23. The van der Waals surface area contributed by atoms with E-state index in [1.54, 1.807) is 58.2 Å². The third-order valence-electron chi connectivity index (χ3n) is 20.9. The Bertz CT molecular complexity index is 3010. The second kappa shape index (κ2) is 39.3. The van der Waals surface area contributed by atoms with Crippen molar-refractivity contribution in [1.82, 2.24) is 34.9 Å². The summed E-state index contributed by atoms with van der Waals surface area (Å²) in [5.74, 6) is -7.98. The van der Waals surface area contributed by atoms with Gasteiger partial charge in [-0.1, -0.05) is 64.2 Å². The maximum absolute atomic E-state index is 14.7. The van der Waals surface area contributed by atoms with Crippen LogP contribution in [0.4, 0.5) is 10.7 Å². The number of esters is 1. The quantitative estimate of drug-likeness (QED) is 0.0516. The number of piperazine rings is 2. The molecule has 0 radical (unpaired) electrons. The summed E-state index contributed by atoms with van der Waals surface area (Å²) in [6, 6.07) is -2.17. The fourth-order valence-electron chi connectivity index (χ4n) is 14.3. The number of ether oxygens (including phenoxy) is 6. The first-order valence-electron chi connectivity index (χ1n) is 36.1. The third-order valence-corrected chi connectivity index (χ3v) is 20.9. The fraction of sp³-hybridized carbons (Fsp3) is 0.726. The van der Waals surface area contributed by atoms with Gasteiger partial charge in [0.15, 0.2) is 5.78 Å². The molecule has 0 aromatic carbocycles. The molecule has 7 N–H and O–H groups in total. The first kappa shape index (κ1) is 80.9. The van der Waals surface area contributed by atoms with E-state index in [-0.39, 0.29) is 93.0 Å². The lowest BCUT2D eigenvalue weighted by atomic mass is 9.80. The molecular formula is C73H113N9O18. The molecule has 558 valence electrons. The molecule has 2 bridgehead atoms. The number of rotatable bonds is 18. The summed E-state index contributed by atoms with van der Waals surface area (Å²) in [5.41, 5.74) is 8.77. The number of carbonyl (C=O) groups is 8. The Morgan fingerprint density at radius 2 is 1.44 bits per heavy atom. The van der Waals surface area contributed by atoms with Crippen molar-refractivity contribution in [3.8, 4) is 0 Å². The number of anilines is 1. The normalized spacial score (nSPS) is 32.2. The van der Waals surface area contributed by atoms with Crippen LogP contribution >= 0.6 is 0 Å². The minimum Gasteiger partial charge on any atom is -0.459 e. The van der Waals surface area contributed by atoms with Gasteiger partial charge in [0.2, 0.25) is 23.5 Å². The number of alkyl carbamates (subject to hydrolysis) is 1. The lowest BCUT2D eigenvalue weighted by Crippen LogP contribution is -2.61. The SMILES string of the molecule is CO[C@H]1C[C@@H]2CC[C@@H](C)[C@@](O)(O2)C(=O)C(=O)N2CCCC[C@H]2C(=O)O[C@H]([C@H](N)C[C@@H]2CC[C@@H](OC(=O)NCc3cnc(N4CCN(C(=O)CCOCCN5CCN(C(=O)CCC(C)=O)CC5)CC4)nc3)[C@H](OC)C2)C[C@@H](O)[C@H](C)/C=C(\C)[C@@H](O)[C@@H](O)C(=O)[C@H](C)C[C@H](C)/C=C/C=CC=C1C. The van der Waals surface area contributed by atoms with Crippen LogP contribution < -0.4 is 16.0 Å². The van der Waals surface area contributed by atoms with Crippen LogP contribution in [0.1, 0.15) is 150 Å². The maximum atomic E-state index is 14.7. The van der Waals surface area contributed by atoms with Crippen molar-refractivity contribution in [2.75, 3.05) is 97.8 Å². The van der Waals surface area contributed by atoms with Crippen molar-refractivity contribution in [2.45, 2.75) is 218 Å². The Labute approximate surface area is 589 Å². The number of allylic oxidation sites excluding steroid dienone is 5. The van der Waals surface area contributed by atoms with E-state index in [1.165, 1.54) is 14.0 Å². The zero-order valence-corrected chi connectivity index (χ0v) is 60.3. The summed E-state index contributed by atoms with van der Waals surface area (Å²) in [6.45, 7) is 18.3. The molecule has 1 aliphatic carbocycles. The van der Waals surface area contributed by atoms with Crippen LogP contribution in [0.3, 0.4) is 0 Å². The molecule has 7 rings (SSSR count). The highest BCUT2D eigenvalue weighted by atomic mass is 16.6. The number of ketones is 3. The molecule has 1 saturated carbocycles. The minimum absolute atomic E-state index is 0.00961. The van der Waals surface area contributed by atoms with Crippen molar-refractivity contribution in [3.63, 3.8) is 0 Å². The molecule has 4 saturated heterocycles. The molecule has 27 heteroatoms. The molecule has 5 aliphatic heterocycles. The van der Waals surface area contributed by atoms with Gasteiger partial charge in [0.05, 0.1) is 44.1 Å². The first-order chi connectivity index (χ1) is 47.7. The molecule has 1 aromatic rings. The molecule has 6 heterocycles. The number of piperidine rings is 1. The van der Waals surface area contributed by atoms with E-state index >= 15 is 0 Å². The predicted octanol–water partition coefficient (Wildman–Crippen LogP) is 4.30. The monoisotopic (exact) mass is 1400 g/mol. The van der Waals surface area contributed by atoms with Crippen LogP contribution in [0.5, 0.6) is 0 Å². The molecule has 27 nitrogen and oxygen atoms in total. The summed E-state index contributed by atoms with van der Waals surface area (Å²) in [7, 11) is 3.07. The van der Waals surface area contributed by atoms with Crippen molar-refractivity contribution < 1.29 is 87.2 Å². The fourth-order valence-corrected chi connectivity index (χ4v) is 14.3. The Morgan fingerprint density at radius 3 is 2.12 bits per heavy atom. The van der Waals surface area contributed by atoms with Crippen LogP contribution in [0.2, 0.25) is 0 Å². The number of carbonyl (C=O) groups excluding carboxylic acids is 8. The average molecular weight is 1400 g/mol. The van der Waals surface area contributed by atoms with E-state index in [4.69, 9.17) is 34.2 Å². The van der Waals surface area contributed by atoms with E-state index in [0.29, 0.717) is 122 Å². The molecule has 4 amide bonds. The Balaban J connectivity index is 0.930. The van der Waals surface area contributed by atoms with Crippen LogP contribution in [0.15, 0.2) is 60.0 Å². The summed E-state index contributed by atoms with van der Waals surface area (Å²) < 4.78 is 36.0. The van der Waals surface area contributed by atoms with Gasteiger partial charge in [-0.15, -0.1) is 0 Å². The second-order valence-corrected chi connectivity index (χ2v) is 28.5. The van der Waals surface area contributed by atoms with E-state index < -0.39 is 114 Å². The topological polar surface area (TPSA) is 353 Å². The first-order valence-corrected chi connectivity index (χ1v) is 36.1. The second-order valence-electron chi connectivity index (χ2n) is 28.5. The van der Waals surface area contributed by atoms with E-state index in [9.17, 15) is 58.8 Å². The standard InChI is InChI=1S/C73H113N9O18/c1-46-15-11-10-12-16-47(2)60(95-8)41-55-21-18-51(6)73(94,100-55)68(90)69(91)82-25-14-13-17-57(82)70(92)98-61(42-58(84)48(3)38-50(5)66(88)67(89)65(87)49(4)37-46)56(74)39-53-20-22-59(62(40-53)96-9)99-72(93)77-45-54-43-75-71(76-44-54)81-32-30-80(31-33-81)64(86)24-35-97-36-34-78-26-28-79(29-27-78)63(85)23-19-52(7)83/h10-12,15-16,38,43-44,46,48-49,51,53,55-62,66-67,84,88-89,94H,13-14,17-37,39-42,45,74H2,1-9H3,(H,77,93)/b12-10?,15-11+,47-16?,50-38+/t46-,48-,49-,51-,53+,55+,56-,57+,58-,59-,60+,61+,62-,66-,67+,73-/m1/s1. The lowest BCUT2D eigenvalue weighted by molar-refractivity contribution is -0.265. The maximum Gasteiger partial charge on any atom is 0.407 e. The zero-order chi connectivity index (χ0) is 72.8. The van der Waals surface area contributed by atoms with Gasteiger partial charge in [-0.25, -0.2) is 19.6 Å². The van der Waals surface area contributed by atoms with Gasteiger partial charge in [0.1, 0.15) is 36.2 Å². The van der Waals surface area contributed by atoms with E-state index in [2.05, 4.69) is 20.2 Å². The van der Waals surface area contributed by atoms with Gasteiger partial charge in [0.25, 0.3) is 11.7 Å². The molecule has 6 aliphatic rings. The molecule has 5 fully saturated rings. The Kier molecular flexibility index (Phi) is 31.8. The summed E-state index contributed by atoms with van der Waals surface area (Å²) >= 11 is 0. The van der Waals surface area contributed by atoms with Crippen molar-refractivity contribution >= 4 is 53.1 Å². The van der Waals surface area contributed by atoms with Gasteiger partial charge < -0.3 is 84.3 Å². The van der Waals surface area contributed by atoms with Crippen LogP contribution in [-0.4, -0.2) is 257 Å². The van der Waals surface area contributed by atoms with Crippen LogP contribution in [0, 0.1) is 29.6 Å². The number of methoxy groups -OCH3 is 2. The number of aromatic nitrogens is 2. The summed E-state index contributed by atoms with van der Waals surface area (Å²) in [5, 5.41) is 49.4.